The summed E-state index contributed by atoms with van der Waals surface area (Å²) >= 11 is 0. The number of nitrogens with one attached hydrogen (secondary N) is 1. The summed E-state index contributed by atoms with van der Waals surface area (Å²) in [7, 11) is 0. The van der Waals surface area contributed by atoms with Gasteiger partial charge in [-0.1, -0.05) is 0 Å². The third-order valence-electron chi connectivity index (χ3n) is 3.35. The molecule has 0 aromatic heterocycles. The van der Waals surface area contributed by atoms with Gasteiger partial charge < -0.3 is 15.3 Å². The topological polar surface area (TPSA) is 52.6 Å². The van der Waals surface area contributed by atoms with Crippen LogP contribution in [0.1, 0.15) is 19.4 Å². The van der Waals surface area contributed by atoms with Crippen molar-refractivity contribution in [2.45, 2.75) is 26.0 Å². The fourth-order valence-electron chi connectivity index (χ4n) is 2.27. The van der Waals surface area contributed by atoms with Crippen molar-refractivity contribution in [1.29, 1.82) is 0 Å². The Morgan fingerprint density at radius 3 is 2.89 bits per heavy atom. The Kier molecular flexibility index (Phi) is 3.26. The van der Waals surface area contributed by atoms with Crippen molar-refractivity contribution in [2.24, 2.45) is 0 Å². The molecule has 0 atom stereocenters. The molecule has 0 unspecified atom stereocenters. The number of rotatable bonds is 2. The van der Waals surface area contributed by atoms with Crippen LogP contribution in [0.4, 0.5) is 10.1 Å². The molecule has 98 valence electrons. The lowest BCUT2D eigenvalue weighted by Gasteiger charge is -2.43. The molecule has 1 aromatic carbocycles. The van der Waals surface area contributed by atoms with E-state index in [0.29, 0.717) is 24.3 Å². The number of halogens is 1. The smallest absolute Gasteiger partial charge is 0.245 e. The molecular weight excluding hydrogens is 235 g/mol. The number of amides is 1. The van der Waals surface area contributed by atoms with E-state index in [9.17, 15) is 14.3 Å². The molecule has 0 spiro atoms. The van der Waals surface area contributed by atoms with E-state index in [1.165, 1.54) is 12.1 Å². The van der Waals surface area contributed by atoms with Crippen molar-refractivity contribution in [3.8, 4) is 0 Å². The number of carbonyl (C=O) groups is 1. The van der Waals surface area contributed by atoms with Crippen LogP contribution in [0.2, 0.25) is 0 Å². The van der Waals surface area contributed by atoms with Crippen molar-refractivity contribution in [2.75, 3.05) is 18.0 Å². The van der Waals surface area contributed by atoms with Gasteiger partial charge in [-0.25, -0.2) is 4.39 Å². The van der Waals surface area contributed by atoms with Gasteiger partial charge in [0.15, 0.2) is 0 Å². The van der Waals surface area contributed by atoms with Crippen LogP contribution in [0.25, 0.3) is 0 Å². The van der Waals surface area contributed by atoms with Gasteiger partial charge in [-0.05, 0) is 32.0 Å². The molecule has 0 bridgehead atoms. The summed E-state index contributed by atoms with van der Waals surface area (Å²) in [6.07, 6.45) is 0. The summed E-state index contributed by atoms with van der Waals surface area (Å²) in [5, 5.41) is 12.1. The van der Waals surface area contributed by atoms with Gasteiger partial charge in [0.25, 0.3) is 0 Å². The molecular formula is C13H17FN2O2. The van der Waals surface area contributed by atoms with Gasteiger partial charge in [-0.3, -0.25) is 4.79 Å². The van der Waals surface area contributed by atoms with Gasteiger partial charge in [0.05, 0.1) is 6.61 Å². The molecule has 1 saturated heterocycles. The van der Waals surface area contributed by atoms with Crippen LogP contribution < -0.4 is 10.2 Å². The predicted octanol–water partition coefficient (Wildman–Crippen LogP) is 1.03. The molecule has 1 heterocycles. The quantitative estimate of drug-likeness (QED) is 0.826. The molecule has 1 fully saturated rings. The lowest BCUT2D eigenvalue weighted by Crippen LogP contribution is -2.62. The number of hydrogen-bond donors (Lipinski definition) is 2. The highest BCUT2D eigenvalue weighted by Crippen LogP contribution is 2.29. The third kappa shape index (κ3) is 2.06. The number of anilines is 1. The number of nitrogens with zero attached hydrogens (tertiary/aromatic N) is 1. The molecule has 1 aliphatic rings. The van der Waals surface area contributed by atoms with E-state index >= 15 is 0 Å². The maximum Gasteiger partial charge on any atom is 0.245 e. The first kappa shape index (κ1) is 12.8. The maximum atomic E-state index is 13.2. The zero-order valence-electron chi connectivity index (χ0n) is 10.5. The first-order valence-corrected chi connectivity index (χ1v) is 5.92. The average molecular weight is 252 g/mol. The number of benzene rings is 1. The van der Waals surface area contributed by atoms with Crippen molar-refractivity contribution >= 4 is 11.6 Å². The summed E-state index contributed by atoms with van der Waals surface area (Å²) in [5.74, 6) is -0.455. The van der Waals surface area contributed by atoms with Gasteiger partial charge in [0.2, 0.25) is 5.91 Å². The van der Waals surface area contributed by atoms with E-state index in [1.807, 2.05) is 18.7 Å². The number of carbonyl (C=O) groups excluding carboxylic acids is 1. The summed E-state index contributed by atoms with van der Waals surface area (Å²) in [6, 6.07) is 4.26. The Morgan fingerprint density at radius 2 is 2.22 bits per heavy atom. The molecule has 1 aliphatic heterocycles. The van der Waals surface area contributed by atoms with E-state index in [2.05, 4.69) is 5.32 Å². The molecule has 0 saturated carbocycles. The van der Waals surface area contributed by atoms with Crippen molar-refractivity contribution in [1.82, 2.24) is 5.32 Å². The van der Waals surface area contributed by atoms with Crippen LogP contribution in [0.5, 0.6) is 0 Å². The number of aliphatic hydroxyl groups excluding tert-OH is 1. The Labute approximate surface area is 105 Å². The van der Waals surface area contributed by atoms with Crippen molar-refractivity contribution in [3.05, 3.63) is 29.6 Å². The Balaban J connectivity index is 2.44. The molecule has 1 amide bonds. The first-order valence-electron chi connectivity index (χ1n) is 5.92. The highest BCUT2D eigenvalue weighted by molar-refractivity contribution is 5.90. The minimum Gasteiger partial charge on any atom is -0.392 e. The minimum absolute atomic E-state index is 0.0676. The van der Waals surface area contributed by atoms with Crippen molar-refractivity contribution < 1.29 is 14.3 Å². The maximum absolute atomic E-state index is 13.2. The van der Waals surface area contributed by atoms with E-state index in [0.717, 1.165) is 0 Å². The number of hydrogen-bond acceptors (Lipinski definition) is 3. The Hall–Kier alpha value is -1.62. The van der Waals surface area contributed by atoms with Gasteiger partial charge in [0, 0.05) is 24.3 Å². The zero-order valence-corrected chi connectivity index (χ0v) is 10.5. The standard InChI is InChI=1S/C13H17FN2O2/c1-13(2)12(18)15-5-6-16(13)11-4-3-10(14)7-9(11)8-17/h3-4,7,17H,5-6,8H2,1-2H3,(H,15,18). The second-order valence-corrected chi connectivity index (χ2v) is 4.90. The SMILES string of the molecule is CC1(C)C(=O)NCCN1c1ccc(F)cc1CO. The summed E-state index contributed by atoms with van der Waals surface area (Å²) in [4.78, 5) is 13.8. The molecule has 18 heavy (non-hydrogen) atoms. The molecule has 2 N–H and O–H groups in total. The monoisotopic (exact) mass is 252 g/mol. The fourth-order valence-corrected chi connectivity index (χ4v) is 2.27. The van der Waals surface area contributed by atoms with Gasteiger partial charge in [-0.2, -0.15) is 0 Å². The fraction of sp³-hybridized carbons (Fsp3) is 0.462. The van der Waals surface area contributed by atoms with Crippen LogP contribution in [-0.2, 0) is 11.4 Å². The number of aliphatic hydroxyl groups is 1. The average Bonchev–Trinajstić information content (AvgIpc) is 2.33. The lowest BCUT2D eigenvalue weighted by atomic mass is 9.96. The van der Waals surface area contributed by atoms with E-state index in [-0.39, 0.29) is 18.3 Å². The van der Waals surface area contributed by atoms with E-state index < -0.39 is 5.54 Å². The number of piperazine rings is 1. The van der Waals surface area contributed by atoms with Crippen molar-refractivity contribution in [3.63, 3.8) is 0 Å². The van der Waals surface area contributed by atoms with E-state index in [4.69, 9.17) is 0 Å². The van der Waals surface area contributed by atoms with Crippen LogP contribution >= 0.6 is 0 Å². The normalized spacial score (nSPS) is 18.7. The minimum atomic E-state index is -0.708. The van der Waals surface area contributed by atoms with E-state index in [1.54, 1.807) is 6.07 Å². The van der Waals surface area contributed by atoms with Crippen LogP contribution in [0, 0.1) is 5.82 Å². The van der Waals surface area contributed by atoms with Gasteiger partial charge in [0.1, 0.15) is 11.4 Å². The molecule has 5 heteroatoms. The largest absolute Gasteiger partial charge is 0.392 e. The van der Waals surface area contributed by atoms with Crippen LogP contribution in [-0.4, -0.2) is 29.6 Å². The van der Waals surface area contributed by atoms with Gasteiger partial charge >= 0.3 is 0 Å². The highest BCUT2D eigenvalue weighted by Gasteiger charge is 2.38. The van der Waals surface area contributed by atoms with Crippen LogP contribution in [0.15, 0.2) is 18.2 Å². The molecule has 0 radical (unpaired) electrons. The third-order valence-corrected chi connectivity index (χ3v) is 3.35. The second kappa shape index (κ2) is 4.57. The Morgan fingerprint density at radius 1 is 1.50 bits per heavy atom. The van der Waals surface area contributed by atoms with Gasteiger partial charge in [-0.15, -0.1) is 0 Å². The predicted molar refractivity (Wildman–Crippen MR) is 66.8 cm³/mol. The summed E-state index contributed by atoms with van der Waals surface area (Å²) < 4.78 is 13.2. The lowest BCUT2D eigenvalue weighted by molar-refractivity contribution is -0.126. The molecule has 1 aromatic rings. The molecule has 0 aliphatic carbocycles. The zero-order chi connectivity index (χ0) is 13.3. The molecule has 2 rings (SSSR count). The highest BCUT2D eigenvalue weighted by atomic mass is 19.1. The second-order valence-electron chi connectivity index (χ2n) is 4.90. The summed E-state index contributed by atoms with van der Waals surface area (Å²) in [6.45, 7) is 4.56. The molecule has 4 nitrogen and oxygen atoms in total. The summed E-state index contributed by atoms with van der Waals surface area (Å²) in [5.41, 5.74) is 0.497. The first-order chi connectivity index (χ1) is 8.46. The Bertz CT molecular complexity index is 474. The van der Waals surface area contributed by atoms with Crippen LogP contribution in [0.3, 0.4) is 0 Å².